The molecule has 0 bridgehead atoms. The molecule has 0 spiro atoms. The van der Waals surface area contributed by atoms with Crippen molar-refractivity contribution in [1.29, 1.82) is 0 Å². The number of aryl methyl sites for hydroxylation is 1. The first-order chi connectivity index (χ1) is 13.2. The van der Waals surface area contributed by atoms with Crippen molar-refractivity contribution in [3.8, 4) is 22.5 Å². The molecular weight excluding hydrogens is 332 g/mol. The molecule has 1 aliphatic rings. The molecule has 3 nitrogen and oxygen atoms in total. The van der Waals surface area contributed by atoms with Gasteiger partial charge in [0, 0.05) is 28.8 Å². The van der Waals surface area contributed by atoms with Crippen LogP contribution in [0, 0.1) is 0 Å². The van der Waals surface area contributed by atoms with E-state index in [1.807, 2.05) is 71.4 Å². The van der Waals surface area contributed by atoms with E-state index in [4.69, 9.17) is 5.10 Å². The summed E-state index contributed by atoms with van der Waals surface area (Å²) in [4.78, 5) is 0. The minimum absolute atomic E-state index is 0.744. The SMILES string of the molecule is CCn1nc(-c2ccccc2)c2c1-c1ccccc1C2(O)c1ccccc1. The molecule has 27 heavy (non-hydrogen) atoms. The molecule has 0 saturated heterocycles. The van der Waals surface area contributed by atoms with Gasteiger partial charge in [-0.05, 0) is 12.5 Å². The summed E-state index contributed by atoms with van der Waals surface area (Å²) >= 11 is 0. The standard InChI is InChI=1S/C24H20N2O/c1-2-26-23-19-15-9-10-16-20(19)24(27,18-13-7-4-8-14-18)21(23)22(25-26)17-11-5-3-6-12-17/h3-16,27H,2H2,1H3. The molecule has 0 amide bonds. The third-order valence-electron chi connectivity index (χ3n) is 5.42. The number of rotatable bonds is 3. The molecule has 0 saturated carbocycles. The molecule has 1 atom stereocenters. The number of nitrogens with zero attached hydrogens (tertiary/aromatic N) is 2. The van der Waals surface area contributed by atoms with Crippen LogP contribution in [0.2, 0.25) is 0 Å². The van der Waals surface area contributed by atoms with Gasteiger partial charge in [0.15, 0.2) is 0 Å². The maximum absolute atomic E-state index is 12.2. The molecule has 3 aromatic carbocycles. The van der Waals surface area contributed by atoms with E-state index in [9.17, 15) is 5.11 Å². The topological polar surface area (TPSA) is 38.0 Å². The van der Waals surface area contributed by atoms with Gasteiger partial charge >= 0.3 is 0 Å². The van der Waals surface area contributed by atoms with E-state index in [1.165, 1.54) is 0 Å². The van der Waals surface area contributed by atoms with Gasteiger partial charge in [-0.25, -0.2) is 0 Å². The molecule has 1 aromatic heterocycles. The summed E-state index contributed by atoms with van der Waals surface area (Å²) in [6, 6.07) is 28.1. The Morgan fingerprint density at radius 3 is 2.19 bits per heavy atom. The van der Waals surface area contributed by atoms with Gasteiger partial charge < -0.3 is 5.11 Å². The molecule has 0 radical (unpaired) electrons. The number of hydrogen-bond acceptors (Lipinski definition) is 2. The molecule has 1 heterocycles. The zero-order valence-electron chi connectivity index (χ0n) is 15.1. The number of aromatic nitrogens is 2. The summed E-state index contributed by atoms with van der Waals surface area (Å²) in [5.74, 6) is 0. The van der Waals surface area contributed by atoms with Gasteiger partial charge in [0.2, 0.25) is 0 Å². The van der Waals surface area contributed by atoms with Crippen molar-refractivity contribution >= 4 is 0 Å². The monoisotopic (exact) mass is 352 g/mol. The Morgan fingerprint density at radius 1 is 0.852 bits per heavy atom. The zero-order chi connectivity index (χ0) is 18.4. The molecule has 5 rings (SSSR count). The molecular formula is C24H20N2O. The van der Waals surface area contributed by atoms with E-state index in [1.54, 1.807) is 0 Å². The Hall–Kier alpha value is -3.17. The summed E-state index contributed by atoms with van der Waals surface area (Å²) in [6.07, 6.45) is 0. The largest absolute Gasteiger partial charge is 0.376 e. The highest BCUT2D eigenvalue weighted by Gasteiger charge is 2.47. The molecule has 4 aromatic rings. The van der Waals surface area contributed by atoms with Crippen LogP contribution in [0.1, 0.15) is 23.6 Å². The number of fused-ring (bicyclic) bond motifs is 3. The van der Waals surface area contributed by atoms with Gasteiger partial charge in [0.1, 0.15) is 5.60 Å². The van der Waals surface area contributed by atoms with Crippen molar-refractivity contribution in [2.75, 3.05) is 0 Å². The van der Waals surface area contributed by atoms with Crippen molar-refractivity contribution in [3.63, 3.8) is 0 Å². The van der Waals surface area contributed by atoms with Crippen molar-refractivity contribution < 1.29 is 5.11 Å². The second-order valence-corrected chi connectivity index (χ2v) is 6.88. The lowest BCUT2D eigenvalue weighted by atomic mass is 9.83. The maximum atomic E-state index is 12.2. The van der Waals surface area contributed by atoms with E-state index in [2.05, 4.69) is 25.1 Å². The Kier molecular flexibility index (Phi) is 3.52. The highest BCUT2D eigenvalue weighted by Crippen LogP contribution is 2.53. The first-order valence-electron chi connectivity index (χ1n) is 9.29. The zero-order valence-corrected chi connectivity index (χ0v) is 15.1. The summed E-state index contributed by atoms with van der Waals surface area (Å²) in [6.45, 7) is 2.83. The second-order valence-electron chi connectivity index (χ2n) is 6.88. The van der Waals surface area contributed by atoms with Gasteiger partial charge in [-0.2, -0.15) is 5.10 Å². The van der Waals surface area contributed by atoms with Crippen LogP contribution in [0.25, 0.3) is 22.5 Å². The second kappa shape index (κ2) is 5.93. The summed E-state index contributed by atoms with van der Waals surface area (Å²) in [5.41, 5.74) is 5.37. The average molecular weight is 352 g/mol. The molecule has 0 aliphatic heterocycles. The molecule has 1 unspecified atom stereocenters. The van der Waals surface area contributed by atoms with E-state index in [-0.39, 0.29) is 0 Å². The van der Waals surface area contributed by atoms with Crippen molar-refractivity contribution in [1.82, 2.24) is 9.78 Å². The smallest absolute Gasteiger partial charge is 0.145 e. The molecule has 1 aliphatic carbocycles. The van der Waals surface area contributed by atoms with Gasteiger partial charge in [-0.3, -0.25) is 4.68 Å². The van der Waals surface area contributed by atoms with E-state index in [0.29, 0.717) is 0 Å². The Bertz CT molecular complexity index is 1120. The lowest BCUT2D eigenvalue weighted by Crippen LogP contribution is -2.26. The average Bonchev–Trinajstić information content (AvgIpc) is 3.25. The predicted octanol–water partition coefficient (Wildman–Crippen LogP) is 4.83. The molecule has 1 N–H and O–H groups in total. The first kappa shape index (κ1) is 16.0. The quantitative estimate of drug-likeness (QED) is 0.573. The Balaban J connectivity index is 1.90. The fourth-order valence-electron chi connectivity index (χ4n) is 4.22. The third kappa shape index (κ3) is 2.15. The summed E-state index contributed by atoms with van der Waals surface area (Å²) in [7, 11) is 0. The predicted molar refractivity (Wildman–Crippen MR) is 107 cm³/mol. The Morgan fingerprint density at radius 2 is 1.48 bits per heavy atom. The summed E-state index contributed by atoms with van der Waals surface area (Å²) in [5, 5.41) is 17.1. The number of benzene rings is 3. The van der Waals surface area contributed by atoms with Crippen LogP contribution in [0.15, 0.2) is 84.9 Å². The molecule has 0 fully saturated rings. The number of hydrogen-bond donors (Lipinski definition) is 1. The summed E-state index contributed by atoms with van der Waals surface area (Å²) < 4.78 is 2.01. The third-order valence-corrected chi connectivity index (χ3v) is 5.42. The number of aliphatic hydroxyl groups is 1. The first-order valence-corrected chi connectivity index (χ1v) is 9.29. The van der Waals surface area contributed by atoms with Crippen molar-refractivity contribution in [2.45, 2.75) is 19.1 Å². The fraction of sp³-hybridized carbons (Fsp3) is 0.125. The van der Waals surface area contributed by atoms with Gasteiger partial charge in [0.25, 0.3) is 0 Å². The van der Waals surface area contributed by atoms with Crippen LogP contribution >= 0.6 is 0 Å². The maximum Gasteiger partial charge on any atom is 0.145 e. The van der Waals surface area contributed by atoms with Crippen LogP contribution < -0.4 is 0 Å². The van der Waals surface area contributed by atoms with Crippen LogP contribution in [-0.4, -0.2) is 14.9 Å². The molecule has 132 valence electrons. The fourth-order valence-corrected chi connectivity index (χ4v) is 4.22. The molecule has 3 heteroatoms. The van der Waals surface area contributed by atoms with Gasteiger partial charge in [-0.1, -0.05) is 84.9 Å². The minimum atomic E-state index is -1.22. The highest BCUT2D eigenvalue weighted by atomic mass is 16.3. The van der Waals surface area contributed by atoms with Gasteiger partial charge in [-0.15, -0.1) is 0 Å². The van der Waals surface area contributed by atoms with E-state index >= 15 is 0 Å². The van der Waals surface area contributed by atoms with Crippen LogP contribution in [0.3, 0.4) is 0 Å². The normalized spacial score (nSPS) is 17.6. The minimum Gasteiger partial charge on any atom is -0.376 e. The lowest BCUT2D eigenvalue weighted by molar-refractivity contribution is 0.131. The van der Waals surface area contributed by atoms with E-state index in [0.717, 1.165) is 45.7 Å². The van der Waals surface area contributed by atoms with Crippen LogP contribution in [0.4, 0.5) is 0 Å². The highest BCUT2D eigenvalue weighted by molar-refractivity contribution is 5.86. The Labute approximate surface area is 158 Å². The van der Waals surface area contributed by atoms with E-state index < -0.39 is 5.60 Å². The van der Waals surface area contributed by atoms with Gasteiger partial charge in [0.05, 0.1) is 11.4 Å². The van der Waals surface area contributed by atoms with Crippen LogP contribution in [0.5, 0.6) is 0 Å². The van der Waals surface area contributed by atoms with Crippen molar-refractivity contribution in [2.24, 2.45) is 0 Å². The van der Waals surface area contributed by atoms with Crippen molar-refractivity contribution in [3.05, 3.63) is 102 Å². The van der Waals surface area contributed by atoms with Crippen LogP contribution in [-0.2, 0) is 12.1 Å². The lowest BCUT2D eigenvalue weighted by Gasteiger charge is -2.26.